The number of hydrogen-bond donors (Lipinski definition) is 1. The first-order chi connectivity index (χ1) is 8.79. The molecule has 0 aliphatic rings. The minimum absolute atomic E-state index is 0.238. The fraction of sp³-hybridized carbons (Fsp3) is 0.308. The molecule has 0 fully saturated rings. The van der Waals surface area contributed by atoms with Crippen LogP contribution in [0, 0.1) is 0 Å². The van der Waals surface area contributed by atoms with E-state index in [-0.39, 0.29) is 6.61 Å². The monoisotopic (exact) mass is 283 g/mol. The lowest BCUT2D eigenvalue weighted by molar-refractivity contribution is 0.296. The number of halogens is 1. The van der Waals surface area contributed by atoms with Gasteiger partial charge in [0.15, 0.2) is 0 Å². The molecule has 3 nitrogen and oxygen atoms in total. The van der Waals surface area contributed by atoms with Gasteiger partial charge >= 0.3 is 0 Å². The lowest BCUT2D eigenvalue weighted by Crippen LogP contribution is -1.87. The van der Waals surface area contributed by atoms with Crippen LogP contribution in [0.4, 0.5) is 0 Å². The van der Waals surface area contributed by atoms with E-state index in [9.17, 15) is 0 Å². The molecule has 0 atom stereocenters. The number of oxazole rings is 1. The number of thioether (sulfide) groups is 1. The van der Waals surface area contributed by atoms with Crippen molar-refractivity contribution in [3.8, 4) is 11.5 Å². The summed E-state index contributed by atoms with van der Waals surface area (Å²) in [6.07, 6.45) is 2.49. The van der Waals surface area contributed by atoms with Gasteiger partial charge in [-0.3, -0.25) is 0 Å². The van der Waals surface area contributed by atoms with Crippen LogP contribution in [-0.2, 0) is 5.75 Å². The average Bonchev–Trinajstić information content (AvgIpc) is 2.84. The molecule has 0 aliphatic carbocycles. The summed E-state index contributed by atoms with van der Waals surface area (Å²) in [5.41, 5.74) is 1.84. The van der Waals surface area contributed by atoms with Gasteiger partial charge in [-0.25, -0.2) is 4.98 Å². The third kappa shape index (κ3) is 3.77. The predicted molar refractivity (Wildman–Crippen MR) is 74.8 cm³/mol. The van der Waals surface area contributed by atoms with Crippen LogP contribution in [0.2, 0.25) is 5.02 Å². The molecule has 1 aromatic carbocycles. The van der Waals surface area contributed by atoms with E-state index in [4.69, 9.17) is 21.1 Å². The molecule has 2 aromatic rings. The molecule has 0 saturated carbocycles. The second kappa shape index (κ2) is 6.83. The Morgan fingerprint density at radius 3 is 2.78 bits per heavy atom. The summed E-state index contributed by atoms with van der Waals surface area (Å²) < 4.78 is 5.43. The second-order valence-electron chi connectivity index (χ2n) is 3.78. The molecule has 0 radical (unpaired) electrons. The quantitative estimate of drug-likeness (QED) is 0.823. The number of hydrogen-bond acceptors (Lipinski definition) is 4. The molecule has 5 heteroatoms. The van der Waals surface area contributed by atoms with Crippen molar-refractivity contribution in [2.45, 2.75) is 12.2 Å². The summed E-state index contributed by atoms with van der Waals surface area (Å²) in [5.74, 6) is 2.35. The Labute approximate surface area is 115 Å². The zero-order chi connectivity index (χ0) is 12.8. The Balaban J connectivity index is 1.95. The summed E-state index contributed by atoms with van der Waals surface area (Å²) in [6.45, 7) is 0.238. The van der Waals surface area contributed by atoms with E-state index in [1.165, 1.54) is 0 Å². The topological polar surface area (TPSA) is 46.3 Å². The molecule has 0 spiro atoms. The molecule has 1 heterocycles. The number of aliphatic hydroxyl groups is 1. The van der Waals surface area contributed by atoms with Crippen molar-refractivity contribution < 1.29 is 9.52 Å². The molecule has 2 rings (SSSR count). The van der Waals surface area contributed by atoms with E-state index < -0.39 is 0 Å². The smallest absolute Gasteiger partial charge is 0.226 e. The molecule has 0 amide bonds. The standard InChI is InChI=1S/C13H14ClNO2S/c14-11-4-2-10(3-5-11)13-15-12(8-17-13)9-18-7-1-6-16/h2-5,8,16H,1,6-7,9H2. The van der Waals surface area contributed by atoms with Crippen molar-refractivity contribution in [2.75, 3.05) is 12.4 Å². The number of aliphatic hydroxyl groups excluding tert-OH is 1. The van der Waals surface area contributed by atoms with E-state index in [2.05, 4.69) is 4.98 Å². The van der Waals surface area contributed by atoms with Crippen LogP contribution in [0.25, 0.3) is 11.5 Å². The second-order valence-corrected chi connectivity index (χ2v) is 5.32. The Kier molecular flexibility index (Phi) is 5.11. The van der Waals surface area contributed by atoms with E-state index >= 15 is 0 Å². The Morgan fingerprint density at radius 2 is 2.06 bits per heavy atom. The number of aromatic nitrogens is 1. The SMILES string of the molecule is OCCCSCc1coc(-c2ccc(Cl)cc2)n1. The van der Waals surface area contributed by atoms with Crippen molar-refractivity contribution >= 4 is 23.4 Å². The zero-order valence-electron chi connectivity index (χ0n) is 9.80. The molecular formula is C13H14ClNO2S. The maximum Gasteiger partial charge on any atom is 0.226 e. The van der Waals surface area contributed by atoms with Gasteiger partial charge in [0.05, 0.1) is 5.69 Å². The van der Waals surface area contributed by atoms with Crippen LogP contribution in [0.3, 0.4) is 0 Å². The molecule has 96 valence electrons. The highest BCUT2D eigenvalue weighted by Crippen LogP contribution is 2.22. The summed E-state index contributed by atoms with van der Waals surface area (Å²) >= 11 is 7.57. The predicted octanol–water partition coefficient (Wildman–Crippen LogP) is 3.61. The highest BCUT2D eigenvalue weighted by atomic mass is 35.5. The largest absolute Gasteiger partial charge is 0.444 e. The third-order valence-electron chi connectivity index (χ3n) is 2.34. The van der Waals surface area contributed by atoms with Gasteiger partial charge < -0.3 is 9.52 Å². The van der Waals surface area contributed by atoms with E-state index in [0.29, 0.717) is 10.9 Å². The minimum atomic E-state index is 0.238. The zero-order valence-corrected chi connectivity index (χ0v) is 11.4. The maximum absolute atomic E-state index is 8.68. The normalized spacial score (nSPS) is 10.8. The van der Waals surface area contributed by atoms with Crippen LogP contribution in [0.15, 0.2) is 34.9 Å². The highest BCUT2D eigenvalue weighted by molar-refractivity contribution is 7.98. The van der Waals surface area contributed by atoms with Crippen LogP contribution in [-0.4, -0.2) is 22.5 Å². The summed E-state index contributed by atoms with van der Waals surface area (Å²) in [5, 5.41) is 9.38. The van der Waals surface area contributed by atoms with Gasteiger partial charge in [-0.15, -0.1) is 0 Å². The van der Waals surface area contributed by atoms with Crippen LogP contribution >= 0.6 is 23.4 Å². The lowest BCUT2D eigenvalue weighted by Gasteiger charge is -1.96. The molecule has 0 aliphatic heterocycles. The van der Waals surface area contributed by atoms with Crippen molar-refractivity contribution in [3.63, 3.8) is 0 Å². The summed E-state index contributed by atoms with van der Waals surface area (Å²) in [4.78, 5) is 4.41. The first kappa shape index (κ1) is 13.5. The Morgan fingerprint density at radius 1 is 1.28 bits per heavy atom. The van der Waals surface area contributed by atoms with Crippen molar-refractivity contribution in [1.82, 2.24) is 4.98 Å². The van der Waals surface area contributed by atoms with Gasteiger partial charge in [-0.05, 0) is 36.4 Å². The Hall–Kier alpha value is -0.970. The fourth-order valence-electron chi connectivity index (χ4n) is 1.44. The van der Waals surface area contributed by atoms with E-state index in [1.54, 1.807) is 18.0 Å². The molecule has 18 heavy (non-hydrogen) atoms. The molecule has 1 N–H and O–H groups in total. The van der Waals surface area contributed by atoms with Crippen molar-refractivity contribution in [1.29, 1.82) is 0 Å². The number of benzene rings is 1. The minimum Gasteiger partial charge on any atom is -0.444 e. The highest BCUT2D eigenvalue weighted by Gasteiger charge is 2.06. The maximum atomic E-state index is 8.68. The molecule has 0 saturated heterocycles. The average molecular weight is 284 g/mol. The van der Waals surface area contributed by atoms with Crippen LogP contribution in [0.5, 0.6) is 0 Å². The lowest BCUT2D eigenvalue weighted by atomic mass is 10.2. The molecule has 1 aromatic heterocycles. The van der Waals surface area contributed by atoms with E-state index in [0.717, 1.165) is 29.2 Å². The van der Waals surface area contributed by atoms with Crippen molar-refractivity contribution in [2.24, 2.45) is 0 Å². The summed E-state index contributed by atoms with van der Waals surface area (Å²) in [6, 6.07) is 7.40. The third-order valence-corrected chi connectivity index (χ3v) is 3.67. The van der Waals surface area contributed by atoms with Gasteiger partial charge in [-0.2, -0.15) is 11.8 Å². The number of rotatable bonds is 6. The molecule has 0 unspecified atom stereocenters. The van der Waals surface area contributed by atoms with E-state index in [1.807, 2.05) is 24.3 Å². The summed E-state index contributed by atoms with van der Waals surface area (Å²) in [7, 11) is 0. The van der Waals surface area contributed by atoms with Gasteiger partial charge in [0, 0.05) is 22.9 Å². The fourth-order valence-corrected chi connectivity index (χ4v) is 2.39. The van der Waals surface area contributed by atoms with Crippen molar-refractivity contribution in [3.05, 3.63) is 41.2 Å². The van der Waals surface area contributed by atoms with Gasteiger partial charge in [0.2, 0.25) is 5.89 Å². The first-order valence-corrected chi connectivity index (χ1v) is 7.22. The van der Waals surface area contributed by atoms with Gasteiger partial charge in [0.25, 0.3) is 0 Å². The molecule has 0 bridgehead atoms. The Bertz CT molecular complexity index is 484. The van der Waals surface area contributed by atoms with Gasteiger partial charge in [0.1, 0.15) is 6.26 Å². The van der Waals surface area contributed by atoms with Crippen LogP contribution in [0.1, 0.15) is 12.1 Å². The number of nitrogens with zero attached hydrogens (tertiary/aromatic N) is 1. The first-order valence-electron chi connectivity index (χ1n) is 5.68. The van der Waals surface area contributed by atoms with Crippen LogP contribution < -0.4 is 0 Å². The van der Waals surface area contributed by atoms with Gasteiger partial charge in [-0.1, -0.05) is 11.6 Å². The molecular weight excluding hydrogens is 270 g/mol.